The molecule has 1 atom stereocenters. The molecule has 0 bridgehead atoms. The lowest BCUT2D eigenvalue weighted by molar-refractivity contribution is 0.0687. The fourth-order valence-electron chi connectivity index (χ4n) is 3.27. The second-order valence-corrected chi connectivity index (χ2v) is 6.32. The lowest BCUT2D eigenvalue weighted by Crippen LogP contribution is -2.39. The van der Waals surface area contributed by atoms with Crippen molar-refractivity contribution in [3.8, 4) is 5.88 Å². The quantitative estimate of drug-likeness (QED) is 0.860. The number of methoxy groups -OCH3 is 1. The van der Waals surface area contributed by atoms with E-state index in [1.54, 1.807) is 13.2 Å². The van der Waals surface area contributed by atoms with E-state index in [0.29, 0.717) is 30.5 Å². The third kappa shape index (κ3) is 3.24. The Morgan fingerprint density at radius 2 is 2.18 bits per heavy atom. The van der Waals surface area contributed by atoms with Gasteiger partial charge in [-0.3, -0.25) is 4.79 Å². The molecule has 1 aliphatic carbocycles. The molecule has 0 aromatic carbocycles. The fraction of sp³-hybridized carbons (Fsp3) is 0.647. The van der Waals surface area contributed by atoms with Crippen LogP contribution in [-0.2, 0) is 4.74 Å². The van der Waals surface area contributed by atoms with Gasteiger partial charge in [0.1, 0.15) is 0 Å². The van der Waals surface area contributed by atoms with Crippen LogP contribution in [0.3, 0.4) is 0 Å². The lowest BCUT2D eigenvalue weighted by atomic mass is 9.76. The molecule has 0 radical (unpaired) electrons. The second kappa shape index (κ2) is 6.65. The van der Waals surface area contributed by atoms with Crippen molar-refractivity contribution in [2.24, 2.45) is 11.8 Å². The summed E-state index contributed by atoms with van der Waals surface area (Å²) >= 11 is 0. The Balaban J connectivity index is 1.76. The molecule has 5 nitrogen and oxygen atoms in total. The van der Waals surface area contributed by atoms with E-state index >= 15 is 0 Å². The number of aryl methyl sites for hydroxylation is 1. The highest BCUT2D eigenvalue weighted by atomic mass is 16.5. The molecule has 1 aliphatic heterocycles. The Labute approximate surface area is 131 Å². The molecule has 22 heavy (non-hydrogen) atoms. The van der Waals surface area contributed by atoms with Crippen molar-refractivity contribution in [2.75, 3.05) is 33.4 Å². The second-order valence-electron chi connectivity index (χ2n) is 6.32. The number of amides is 1. The zero-order valence-electron chi connectivity index (χ0n) is 13.4. The number of hydrogen-bond donors (Lipinski definition) is 0. The van der Waals surface area contributed by atoms with Crippen LogP contribution in [0.2, 0.25) is 0 Å². The summed E-state index contributed by atoms with van der Waals surface area (Å²) in [5, 5.41) is 0. The van der Waals surface area contributed by atoms with Crippen molar-refractivity contribution in [1.82, 2.24) is 9.88 Å². The number of pyridine rings is 1. The molecule has 1 saturated heterocycles. The van der Waals surface area contributed by atoms with Gasteiger partial charge >= 0.3 is 0 Å². The molecule has 3 rings (SSSR count). The van der Waals surface area contributed by atoms with Crippen LogP contribution in [0.1, 0.15) is 35.3 Å². The summed E-state index contributed by atoms with van der Waals surface area (Å²) in [6.07, 6.45) is 3.87. The molecule has 0 spiro atoms. The predicted molar refractivity (Wildman–Crippen MR) is 83.1 cm³/mol. The van der Waals surface area contributed by atoms with Gasteiger partial charge in [-0.25, -0.2) is 4.98 Å². The third-order valence-corrected chi connectivity index (χ3v) is 4.78. The number of rotatable bonds is 3. The normalized spacial score (nSPS) is 22.8. The van der Waals surface area contributed by atoms with E-state index in [-0.39, 0.29) is 5.91 Å². The van der Waals surface area contributed by atoms with Gasteiger partial charge in [0.05, 0.1) is 20.3 Å². The largest absolute Gasteiger partial charge is 0.481 e. The van der Waals surface area contributed by atoms with Crippen molar-refractivity contribution in [1.29, 1.82) is 0 Å². The van der Waals surface area contributed by atoms with Crippen LogP contribution in [-0.4, -0.2) is 49.2 Å². The first-order chi connectivity index (χ1) is 10.7. The minimum atomic E-state index is 0.0543. The molecule has 120 valence electrons. The summed E-state index contributed by atoms with van der Waals surface area (Å²) in [6, 6.07) is 3.55. The fourth-order valence-corrected chi connectivity index (χ4v) is 3.27. The van der Waals surface area contributed by atoms with Gasteiger partial charge < -0.3 is 14.4 Å². The minimum absolute atomic E-state index is 0.0543. The van der Waals surface area contributed by atoms with E-state index in [1.165, 1.54) is 19.3 Å². The molecule has 2 heterocycles. The van der Waals surface area contributed by atoms with Gasteiger partial charge in [0.15, 0.2) is 0 Å². The third-order valence-electron chi connectivity index (χ3n) is 4.78. The molecule has 5 heteroatoms. The molecular formula is C17H24N2O3. The van der Waals surface area contributed by atoms with Crippen molar-refractivity contribution >= 4 is 5.91 Å². The van der Waals surface area contributed by atoms with Crippen LogP contribution in [0, 0.1) is 18.8 Å². The van der Waals surface area contributed by atoms with Gasteiger partial charge in [0.25, 0.3) is 5.91 Å². The number of hydrogen-bond acceptors (Lipinski definition) is 4. The van der Waals surface area contributed by atoms with Crippen molar-refractivity contribution in [2.45, 2.75) is 26.2 Å². The molecule has 1 saturated carbocycles. The Hall–Kier alpha value is -1.62. The standard InChI is InChI=1S/C17H24N2O3/c1-12-8-14(9-16(18-12)21-2)17(20)19-6-7-22-11-15(10-19)13-4-3-5-13/h8-9,13,15H,3-7,10-11H2,1-2H3. The first-order valence-corrected chi connectivity index (χ1v) is 8.07. The smallest absolute Gasteiger partial charge is 0.254 e. The molecule has 1 amide bonds. The number of ether oxygens (including phenoxy) is 2. The Morgan fingerprint density at radius 1 is 1.36 bits per heavy atom. The predicted octanol–water partition coefficient (Wildman–Crippen LogP) is 2.29. The van der Waals surface area contributed by atoms with Crippen molar-refractivity contribution in [3.05, 3.63) is 23.4 Å². The Bertz CT molecular complexity index is 543. The summed E-state index contributed by atoms with van der Waals surface area (Å²) in [7, 11) is 1.57. The van der Waals surface area contributed by atoms with Gasteiger partial charge in [-0.05, 0) is 18.9 Å². The number of carbonyl (C=O) groups is 1. The molecule has 1 aromatic rings. The van der Waals surface area contributed by atoms with Crippen LogP contribution in [0.15, 0.2) is 12.1 Å². The van der Waals surface area contributed by atoms with Gasteiger partial charge in [0.2, 0.25) is 5.88 Å². The molecule has 0 N–H and O–H groups in total. The summed E-state index contributed by atoms with van der Waals surface area (Å²) in [5.41, 5.74) is 1.45. The highest BCUT2D eigenvalue weighted by Crippen LogP contribution is 2.35. The van der Waals surface area contributed by atoms with Crippen LogP contribution in [0.5, 0.6) is 5.88 Å². The Kier molecular flexibility index (Phi) is 4.62. The summed E-state index contributed by atoms with van der Waals surface area (Å²) < 4.78 is 10.9. The number of nitrogens with zero attached hydrogens (tertiary/aromatic N) is 2. The minimum Gasteiger partial charge on any atom is -0.481 e. The maximum absolute atomic E-state index is 12.8. The monoisotopic (exact) mass is 304 g/mol. The maximum atomic E-state index is 12.8. The number of carbonyl (C=O) groups excluding carboxylic acids is 1. The van der Waals surface area contributed by atoms with Crippen LogP contribution in [0.25, 0.3) is 0 Å². The highest BCUT2D eigenvalue weighted by molar-refractivity contribution is 5.94. The van der Waals surface area contributed by atoms with E-state index < -0.39 is 0 Å². The summed E-state index contributed by atoms with van der Waals surface area (Å²) in [6.45, 7) is 4.74. The number of aromatic nitrogens is 1. The van der Waals surface area contributed by atoms with Crippen LogP contribution in [0.4, 0.5) is 0 Å². The molecule has 1 aromatic heterocycles. The van der Waals surface area contributed by atoms with E-state index in [1.807, 2.05) is 17.9 Å². The highest BCUT2D eigenvalue weighted by Gasteiger charge is 2.32. The zero-order chi connectivity index (χ0) is 15.5. The molecule has 2 fully saturated rings. The van der Waals surface area contributed by atoms with E-state index in [4.69, 9.17) is 9.47 Å². The molecule has 2 aliphatic rings. The summed E-state index contributed by atoms with van der Waals surface area (Å²) in [4.78, 5) is 19.0. The van der Waals surface area contributed by atoms with Crippen LogP contribution < -0.4 is 4.74 Å². The molecule has 1 unspecified atom stereocenters. The van der Waals surface area contributed by atoms with E-state index in [2.05, 4.69) is 4.98 Å². The maximum Gasteiger partial charge on any atom is 0.254 e. The van der Waals surface area contributed by atoms with Gasteiger partial charge in [0, 0.05) is 36.3 Å². The average molecular weight is 304 g/mol. The van der Waals surface area contributed by atoms with E-state index in [9.17, 15) is 4.79 Å². The van der Waals surface area contributed by atoms with Crippen LogP contribution >= 0.6 is 0 Å². The average Bonchev–Trinajstić information content (AvgIpc) is 2.70. The summed E-state index contributed by atoms with van der Waals surface area (Å²) in [5.74, 6) is 1.75. The van der Waals surface area contributed by atoms with Gasteiger partial charge in [-0.2, -0.15) is 0 Å². The first kappa shape index (κ1) is 15.3. The lowest BCUT2D eigenvalue weighted by Gasteiger charge is -2.34. The SMILES string of the molecule is COc1cc(C(=O)N2CCOCC(C3CCC3)C2)cc(C)n1. The van der Waals surface area contributed by atoms with E-state index in [0.717, 1.165) is 24.8 Å². The van der Waals surface area contributed by atoms with Crippen molar-refractivity contribution in [3.63, 3.8) is 0 Å². The first-order valence-electron chi connectivity index (χ1n) is 8.07. The topological polar surface area (TPSA) is 51.7 Å². The molecular weight excluding hydrogens is 280 g/mol. The van der Waals surface area contributed by atoms with Crippen molar-refractivity contribution < 1.29 is 14.3 Å². The van der Waals surface area contributed by atoms with Gasteiger partial charge in [-0.15, -0.1) is 0 Å². The zero-order valence-corrected chi connectivity index (χ0v) is 13.4. The van der Waals surface area contributed by atoms with Gasteiger partial charge in [-0.1, -0.05) is 19.3 Å². The Morgan fingerprint density at radius 3 is 2.86 bits per heavy atom.